The molecule has 0 bridgehead atoms. The Hall–Kier alpha value is -3.16. The lowest BCUT2D eigenvalue weighted by molar-refractivity contribution is -0.122. The zero-order chi connectivity index (χ0) is 18.5. The van der Waals surface area contributed by atoms with Crippen LogP contribution in [0.3, 0.4) is 0 Å². The second-order valence-corrected chi connectivity index (χ2v) is 6.03. The van der Waals surface area contributed by atoms with Crippen LogP contribution in [0.25, 0.3) is 11.3 Å². The number of anilines is 1. The Morgan fingerprint density at radius 2 is 2.08 bits per heavy atom. The molecule has 2 aromatic rings. The van der Waals surface area contributed by atoms with Crippen LogP contribution in [0.1, 0.15) is 29.8 Å². The molecule has 2 heterocycles. The predicted molar refractivity (Wildman–Crippen MR) is 96.5 cm³/mol. The Morgan fingerprint density at radius 1 is 1.31 bits per heavy atom. The van der Waals surface area contributed by atoms with Crippen molar-refractivity contribution in [2.24, 2.45) is 0 Å². The average Bonchev–Trinajstić information content (AvgIpc) is 2.86. The van der Waals surface area contributed by atoms with E-state index < -0.39 is 11.9 Å². The van der Waals surface area contributed by atoms with Crippen molar-refractivity contribution in [2.75, 3.05) is 19.4 Å². The van der Waals surface area contributed by atoms with E-state index in [2.05, 4.69) is 20.6 Å². The normalized spacial score (nSPS) is 17.1. The second kappa shape index (κ2) is 7.81. The van der Waals surface area contributed by atoms with Gasteiger partial charge in [0.05, 0.1) is 19.0 Å². The van der Waals surface area contributed by atoms with Crippen LogP contribution in [-0.2, 0) is 4.79 Å². The summed E-state index contributed by atoms with van der Waals surface area (Å²) < 4.78 is 5.13. The largest absolute Gasteiger partial charge is 0.497 e. The van der Waals surface area contributed by atoms with Gasteiger partial charge in [-0.15, -0.1) is 0 Å². The lowest BCUT2D eigenvalue weighted by Gasteiger charge is -2.15. The minimum Gasteiger partial charge on any atom is -0.497 e. The zero-order valence-electron chi connectivity index (χ0n) is 14.5. The highest BCUT2D eigenvalue weighted by molar-refractivity contribution is 5.99. The number of benzene rings is 1. The number of carbonyl (C=O) groups excluding carboxylic acids is 2. The molecule has 1 aliphatic rings. The van der Waals surface area contributed by atoms with Crippen molar-refractivity contribution in [1.82, 2.24) is 20.6 Å². The van der Waals surface area contributed by atoms with E-state index in [1.807, 2.05) is 12.1 Å². The Kier molecular flexibility index (Phi) is 5.31. The maximum Gasteiger partial charge on any atom is 0.274 e. The number of ether oxygens (including phenoxy) is 1. The number of hydrogen-bond donors (Lipinski definition) is 3. The summed E-state index contributed by atoms with van der Waals surface area (Å²) in [4.78, 5) is 33.0. The van der Waals surface area contributed by atoms with Gasteiger partial charge < -0.3 is 21.1 Å². The number of hydrogen-bond acceptors (Lipinski definition) is 6. The Bertz CT molecular complexity index is 807. The van der Waals surface area contributed by atoms with Gasteiger partial charge in [-0.05, 0) is 43.5 Å². The molecule has 0 spiro atoms. The number of amides is 2. The number of nitrogens with two attached hydrogens (primary N) is 1. The molecule has 0 radical (unpaired) electrons. The monoisotopic (exact) mass is 355 g/mol. The van der Waals surface area contributed by atoms with E-state index in [1.54, 1.807) is 19.2 Å². The summed E-state index contributed by atoms with van der Waals surface area (Å²) in [6, 6.07) is 6.64. The first-order chi connectivity index (χ1) is 12.6. The van der Waals surface area contributed by atoms with Gasteiger partial charge in [0.1, 0.15) is 11.8 Å². The van der Waals surface area contributed by atoms with Gasteiger partial charge in [-0.2, -0.15) is 0 Å². The SMILES string of the molecule is COc1ccc(-c2cnc(N)c(C(=O)N[C@H]3CCCCNC3=O)n2)cc1. The van der Waals surface area contributed by atoms with E-state index in [1.165, 1.54) is 6.20 Å². The lowest BCUT2D eigenvalue weighted by Crippen LogP contribution is -2.45. The number of rotatable bonds is 4. The maximum absolute atomic E-state index is 12.6. The van der Waals surface area contributed by atoms with Crippen molar-refractivity contribution < 1.29 is 14.3 Å². The number of nitrogen functional groups attached to an aromatic ring is 1. The first kappa shape index (κ1) is 17.7. The molecule has 1 aliphatic heterocycles. The highest BCUT2D eigenvalue weighted by Crippen LogP contribution is 2.21. The summed E-state index contributed by atoms with van der Waals surface area (Å²) >= 11 is 0. The minimum absolute atomic E-state index is 0.00960. The van der Waals surface area contributed by atoms with Crippen LogP contribution in [0.5, 0.6) is 5.75 Å². The van der Waals surface area contributed by atoms with E-state index in [9.17, 15) is 9.59 Å². The molecule has 26 heavy (non-hydrogen) atoms. The summed E-state index contributed by atoms with van der Waals surface area (Å²) in [6.45, 7) is 0.625. The van der Waals surface area contributed by atoms with Crippen LogP contribution in [0.2, 0.25) is 0 Å². The van der Waals surface area contributed by atoms with Crippen LogP contribution < -0.4 is 21.1 Å². The van der Waals surface area contributed by atoms with Gasteiger partial charge in [-0.1, -0.05) is 0 Å². The summed E-state index contributed by atoms with van der Waals surface area (Å²) in [5.74, 6) is 0.0457. The number of carbonyl (C=O) groups is 2. The molecule has 0 saturated carbocycles. The standard InChI is InChI=1S/C18H21N5O3/c1-26-12-7-5-11(6-8-12)14-10-21-16(19)15(22-14)18(25)23-13-4-2-3-9-20-17(13)24/h5-8,10,13H,2-4,9H2,1H3,(H2,19,21)(H,20,24)(H,23,25)/t13-/m0/s1. The molecule has 3 rings (SSSR count). The highest BCUT2D eigenvalue weighted by Gasteiger charge is 2.25. The third-order valence-corrected chi connectivity index (χ3v) is 4.24. The zero-order valence-corrected chi connectivity index (χ0v) is 14.5. The number of methoxy groups -OCH3 is 1. The molecule has 1 saturated heterocycles. The summed E-state index contributed by atoms with van der Waals surface area (Å²) in [6.07, 6.45) is 3.85. The molecular formula is C18H21N5O3. The molecule has 1 aromatic heterocycles. The third-order valence-electron chi connectivity index (χ3n) is 4.24. The number of nitrogens with zero attached hydrogens (tertiary/aromatic N) is 2. The van der Waals surface area contributed by atoms with Gasteiger partial charge in [0.2, 0.25) is 5.91 Å². The van der Waals surface area contributed by atoms with E-state index in [4.69, 9.17) is 10.5 Å². The smallest absolute Gasteiger partial charge is 0.274 e. The average molecular weight is 355 g/mol. The first-order valence-electron chi connectivity index (χ1n) is 8.44. The highest BCUT2D eigenvalue weighted by atomic mass is 16.5. The fraction of sp³-hybridized carbons (Fsp3) is 0.333. The van der Waals surface area contributed by atoms with Crippen molar-refractivity contribution >= 4 is 17.6 Å². The summed E-state index contributed by atoms with van der Waals surface area (Å²) in [5.41, 5.74) is 7.13. The Labute approximate surface area is 151 Å². The van der Waals surface area contributed by atoms with Crippen molar-refractivity contribution in [2.45, 2.75) is 25.3 Å². The van der Waals surface area contributed by atoms with Gasteiger partial charge in [0.25, 0.3) is 5.91 Å². The van der Waals surface area contributed by atoms with Crippen LogP contribution in [0, 0.1) is 0 Å². The van der Waals surface area contributed by atoms with Crippen molar-refractivity contribution in [3.8, 4) is 17.0 Å². The van der Waals surface area contributed by atoms with Crippen LogP contribution in [-0.4, -0.2) is 41.5 Å². The van der Waals surface area contributed by atoms with E-state index in [-0.39, 0.29) is 17.4 Å². The van der Waals surface area contributed by atoms with E-state index in [0.29, 0.717) is 18.7 Å². The minimum atomic E-state index is -0.587. The molecule has 136 valence electrons. The molecule has 0 aliphatic carbocycles. The van der Waals surface area contributed by atoms with E-state index >= 15 is 0 Å². The Balaban J connectivity index is 1.82. The van der Waals surface area contributed by atoms with Gasteiger partial charge in [-0.25, -0.2) is 9.97 Å². The molecule has 4 N–H and O–H groups in total. The van der Waals surface area contributed by atoms with Crippen molar-refractivity contribution in [1.29, 1.82) is 0 Å². The predicted octanol–water partition coefficient (Wildman–Crippen LogP) is 1.13. The summed E-state index contributed by atoms with van der Waals surface area (Å²) in [7, 11) is 1.59. The number of nitrogens with one attached hydrogen (secondary N) is 2. The van der Waals surface area contributed by atoms with Gasteiger partial charge >= 0.3 is 0 Å². The molecule has 1 aromatic carbocycles. The first-order valence-corrected chi connectivity index (χ1v) is 8.44. The topological polar surface area (TPSA) is 119 Å². The molecule has 2 amide bonds. The lowest BCUT2D eigenvalue weighted by atomic mass is 10.1. The Morgan fingerprint density at radius 3 is 2.81 bits per heavy atom. The van der Waals surface area contributed by atoms with Gasteiger partial charge in [0.15, 0.2) is 11.5 Å². The molecule has 1 atom stereocenters. The van der Waals surface area contributed by atoms with Crippen LogP contribution in [0.15, 0.2) is 30.5 Å². The van der Waals surface area contributed by atoms with Gasteiger partial charge in [0, 0.05) is 12.1 Å². The molecule has 0 unspecified atom stereocenters. The van der Waals surface area contributed by atoms with E-state index in [0.717, 1.165) is 24.2 Å². The fourth-order valence-corrected chi connectivity index (χ4v) is 2.77. The third kappa shape index (κ3) is 3.90. The number of aromatic nitrogens is 2. The van der Waals surface area contributed by atoms with Gasteiger partial charge in [-0.3, -0.25) is 9.59 Å². The molecular weight excluding hydrogens is 334 g/mol. The quantitative estimate of drug-likeness (QED) is 0.756. The fourth-order valence-electron chi connectivity index (χ4n) is 2.77. The summed E-state index contributed by atoms with van der Waals surface area (Å²) in [5, 5.41) is 5.49. The maximum atomic E-state index is 12.6. The molecule has 1 fully saturated rings. The molecule has 8 heteroatoms. The second-order valence-electron chi connectivity index (χ2n) is 6.03. The van der Waals surface area contributed by atoms with Crippen LogP contribution in [0.4, 0.5) is 5.82 Å². The van der Waals surface area contributed by atoms with Crippen LogP contribution >= 0.6 is 0 Å². The van der Waals surface area contributed by atoms with Crippen molar-refractivity contribution in [3.63, 3.8) is 0 Å². The molecule has 8 nitrogen and oxygen atoms in total. The van der Waals surface area contributed by atoms with Crippen molar-refractivity contribution in [3.05, 3.63) is 36.2 Å².